The standard InChI is InChI=1S/C14H20Cl2N2/c1-18(14-4-2-3-10(14)8-17)9-11-7-12(15)5-6-13(11)16/h5-7,10,14H,2-4,8-9,17H2,1H3. The lowest BCUT2D eigenvalue weighted by Gasteiger charge is -2.29. The molecule has 0 aliphatic heterocycles. The highest BCUT2D eigenvalue weighted by Crippen LogP contribution is 2.30. The monoisotopic (exact) mass is 286 g/mol. The fraction of sp³-hybridized carbons (Fsp3) is 0.571. The van der Waals surface area contributed by atoms with Crippen molar-refractivity contribution in [3.63, 3.8) is 0 Å². The highest BCUT2D eigenvalue weighted by atomic mass is 35.5. The summed E-state index contributed by atoms with van der Waals surface area (Å²) in [6, 6.07) is 6.21. The van der Waals surface area contributed by atoms with Gasteiger partial charge in [-0.2, -0.15) is 0 Å². The molecule has 2 unspecified atom stereocenters. The fourth-order valence-electron chi connectivity index (χ4n) is 2.92. The van der Waals surface area contributed by atoms with Gasteiger partial charge in [0.1, 0.15) is 0 Å². The Morgan fingerprint density at radius 3 is 2.83 bits per heavy atom. The average molecular weight is 287 g/mol. The zero-order valence-electron chi connectivity index (χ0n) is 10.7. The van der Waals surface area contributed by atoms with Crippen molar-refractivity contribution in [2.75, 3.05) is 13.6 Å². The quantitative estimate of drug-likeness (QED) is 0.917. The predicted molar refractivity (Wildman–Crippen MR) is 78.1 cm³/mol. The van der Waals surface area contributed by atoms with E-state index < -0.39 is 0 Å². The molecule has 2 atom stereocenters. The number of hydrogen-bond donors (Lipinski definition) is 1. The minimum Gasteiger partial charge on any atom is -0.330 e. The third kappa shape index (κ3) is 3.18. The van der Waals surface area contributed by atoms with Gasteiger partial charge in [-0.25, -0.2) is 0 Å². The molecule has 0 spiro atoms. The molecule has 1 aliphatic rings. The van der Waals surface area contributed by atoms with E-state index in [9.17, 15) is 0 Å². The second kappa shape index (κ2) is 6.25. The molecule has 2 nitrogen and oxygen atoms in total. The van der Waals surface area contributed by atoms with E-state index in [0.29, 0.717) is 12.0 Å². The zero-order valence-corrected chi connectivity index (χ0v) is 12.2. The Kier molecular flexibility index (Phi) is 4.91. The van der Waals surface area contributed by atoms with Crippen molar-refractivity contribution < 1.29 is 0 Å². The van der Waals surface area contributed by atoms with E-state index in [2.05, 4.69) is 11.9 Å². The van der Waals surface area contributed by atoms with Crippen LogP contribution in [0.1, 0.15) is 24.8 Å². The zero-order chi connectivity index (χ0) is 13.1. The van der Waals surface area contributed by atoms with Crippen LogP contribution in [0.5, 0.6) is 0 Å². The summed E-state index contributed by atoms with van der Waals surface area (Å²) in [6.07, 6.45) is 3.76. The molecule has 0 amide bonds. The summed E-state index contributed by atoms with van der Waals surface area (Å²) < 4.78 is 0. The van der Waals surface area contributed by atoms with Crippen LogP contribution < -0.4 is 5.73 Å². The van der Waals surface area contributed by atoms with Gasteiger partial charge in [-0.3, -0.25) is 4.90 Å². The minimum atomic E-state index is 0.574. The van der Waals surface area contributed by atoms with Gasteiger partial charge in [0.25, 0.3) is 0 Å². The smallest absolute Gasteiger partial charge is 0.0452 e. The molecule has 0 radical (unpaired) electrons. The van der Waals surface area contributed by atoms with Gasteiger partial charge in [-0.05, 0) is 56.1 Å². The van der Waals surface area contributed by atoms with E-state index in [-0.39, 0.29) is 0 Å². The summed E-state index contributed by atoms with van der Waals surface area (Å²) in [5, 5.41) is 1.53. The van der Waals surface area contributed by atoms with Crippen LogP contribution >= 0.6 is 23.2 Å². The first kappa shape index (κ1) is 14.1. The van der Waals surface area contributed by atoms with Gasteiger partial charge in [0.05, 0.1) is 0 Å². The van der Waals surface area contributed by atoms with E-state index in [0.717, 1.165) is 28.7 Å². The van der Waals surface area contributed by atoms with Crippen molar-refractivity contribution in [2.45, 2.75) is 31.8 Å². The first-order chi connectivity index (χ1) is 8.61. The molecule has 100 valence electrons. The van der Waals surface area contributed by atoms with Crippen LogP contribution in [0.15, 0.2) is 18.2 Å². The Morgan fingerprint density at radius 1 is 1.33 bits per heavy atom. The molecule has 1 saturated carbocycles. The number of benzene rings is 1. The molecule has 0 heterocycles. The van der Waals surface area contributed by atoms with Crippen molar-refractivity contribution >= 4 is 23.2 Å². The SMILES string of the molecule is CN(Cc1cc(Cl)ccc1Cl)C1CCCC1CN. The summed E-state index contributed by atoms with van der Waals surface area (Å²) in [5.74, 6) is 0.618. The summed E-state index contributed by atoms with van der Waals surface area (Å²) >= 11 is 12.2. The summed E-state index contributed by atoms with van der Waals surface area (Å²) in [6.45, 7) is 1.61. The normalized spacial score (nSPS) is 23.8. The summed E-state index contributed by atoms with van der Waals surface area (Å²) in [7, 11) is 2.15. The third-order valence-corrected chi connectivity index (χ3v) is 4.52. The number of rotatable bonds is 4. The van der Waals surface area contributed by atoms with Crippen molar-refractivity contribution in [2.24, 2.45) is 11.7 Å². The molecule has 1 aromatic rings. The van der Waals surface area contributed by atoms with Gasteiger partial charge >= 0.3 is 0 Å². The Morgan fingerprint density at radius 2 is 2.11 bits per heavy atom. The van der Waals surface area contributed by atoms with E-state index in [1.54, 1.807) is 0 Å². The van der Waals surface area contributed by atoms with Crippen molar-refractivity contribution in [1.82, 2.24) is 4.90 Å². The maximum atomic E-state index is 6.21. The number of nitrogens with zero attached hydrogens (tertiary/aromatic N) is 1. The van der Waals surface area contributed by atoms with Crippen molar-refractivity contribution in [3.05, 3.63) is 33.8 Å². The van der Waals surface area contributed by atoms with E-state index >= 15 is 0 Å². The highest BCUT2D eigenvalue weighted by molar-refractivity contribution is 6.33. The van der Waals surface area contributed by atoms with Crippen LogP contribution in [0.2, 0.25) is 10.0 Å². The molecule has 2 rings (SSSR count). The summed E-state index contributed by atoms with van der Waals surface area (Å²) in [4.78, 5) is 2.36. The second-order valence-corrected chi connectivity index (χ2v) is 5.99. The van der Waals surface area contributed by atoms with Crippen LogP contribution in [0.25, 0.3) is 0 Å². The van der Waals surface area contributed by atoms with Crippen molar-refractivity contribution in [1.29, 1.82) is 0 Å². The molecule has 1 aromatic carbocycles. The molecule has 4 heteroatoms. The van der Waals surface area contributed by atoms with E-state index in [1.807, 2.05) is 18.2 Å². The summed E-state index contributed by atoms with van der Waals surface area (Å²) in [5.41, 5.74) is 6.93. The Labute approximate surface area is 119 Å². The Balaban J connectivity index is 2.06. The van der Waals surface area contributed by atoms with Crippen LogP contribution in [0.4, 0.5) is 0 Å². The largest absolute Gasteiger partial charge is 0.330 e. The molecule has 1 fully saturated rings. The molecule has 18 heavy (non-hydrogen) atoms. The molecule has 0 bridgehead atoms. The lowest BCUT2D eigenvalue weighted by molar-refractivity contribution is 0.193. The molecule has 1 aliphatic carbocycles. The molecule has 2 N–H and O–H groups in total. The Bertz CT molecular complexity index is 409. The maximum Gasteiger partial charge on any atom is 0.0452 e. The van der Waals surface area contributed by atoms with Crippen LogP contribution in [-0.2, 0) is 6.54 Å². The Hall–Kier alpha value is -0.280. The van der Waals surface area contributed by atoms with Gasteiger partial charge < -0.3 is 5.73 Å². The average Bonchev–Trinajstić information content (AvgIpc) is 2.82. The molecule has 0 saturated heterocycles. The topological polar surface area (TPSA) is 29.3 Å². The van der Waals surface area contributed by atoms with Gasteiger partial charge in [-0.1, -0.05) is 29.6 Å². The number of hydrogen-bond acceptors (Lipinski definition) is 2. The van der Waals surface area contributed by atoms with Gasteiger partial charge in [0.15, 0.2) is 0 Å². The lowest BCUT2D eigenvalue weighted by atomic mass is 10.0. The maximum absolute atomic E-state index is 6.21. The first-order valence-corrected chi connectivity index (χ1v) is 7.21. The number of halogens is 2. The van der Waals surface area contributed by atoms with E-state index in [1.165, 1.54) is 19.3 Å². The van der Waals surface area contributed by atoms with Crippen LogP contribution in [0, 0.1) is 5.92 Å². The van der Waals surface area contributed by atoms with Crippen LogP contribution in [-0.4, -0.2) is 24.5 Å². The van der Waals surface area contributed by atoms with Gasteiger partial charge in [0, 0.05) is 22.6 Å². The molecule has 0 aromatic heterocycles. The van der Waals surface area contributed by atoms with E-state index in [4.69, 9.17) is 28.9 Å². The number of nitrogens with two attached hydrogens (primary N) is 1. The molecular weight excluding hydrogens is 267 g/mol. The van der Waals surface area contributed by atoms with Crippen molar-refractivity contribution in [3.8, 4) is 0 Å². The minimum absolute atomic E-state index is 0.574. The fourth-order valence-corrected chi connectivity index (χ4v) is 3.29. The van der Waals surface area contributed by atoms with Gasteiger partial charge in [-0.15, -0.1) is 0 Å². The van der Waals surface area contributed by atoms with Crippen LogP contribution in [0.3, 0.4) is 0 Å². The third-order valence-electron chi connectivity index (χ3n) is 3.92. The first-order valence-electron chi connectivity index (χ1n) is 6.46. The molecular formula is C14H20Cl2N2. The highest BCUT2D eigenvalue weighted by Gasteiger charge is 2.29. The van der Waals surface area contributed by atoms with Gasteiger partial charge in [0.2, 0.25) is 0 Å². The predicted octanol–water partition coefficient (Wildman–Crippen LogP) is 3.55. The lowest BCUT2D eigenvalue weighted by Crippen LogP contribution is -2.37. The second-order valence-electron chi connectivity index (χ2n) is 5.14.